The highest BCUT2D eigenvalue weighted by molar-refractivity contribution is 7.80. The van der Waals surface area contributed by atoms with Gasteiger partial charge in [0, 0.05) is 0 Å². The maximum Gasteiger partial charge on any atom is 0.315 e. The number of hydrogen-bond acceptors (Lipinski definition) is 3. The van der Waals surface area contributed by atoms with Crippen molar-refractivity contribution in [2.75, 3.05) is 0 Å². The van der Waals surface area contributed by atoms with Crippen LogP contribution in [0, 0.1) is 0 Å². The lowest BCUT2D eigenvalue weighted by Gasteiger charge is -1.82. The molecule has 1 rings (SSSR count). The first-order valence-electron chi connectivity index (χ1n) is 1.86. The van der Waals surface area contributed by atoms with E-state index >= 15 is 0 Å². The van der Waals surface area contributed by atoms with E-state index in [0.717, 1.165) is 0 Å². The Hall–Kier alpha value is -0.970. The molecule has 0 unspecified atom stereocenters. The van der Waals surface area contributed by atoms with Crippen molar-refractivity contribution in [1.29, 1.82) is 0 Å². The van der Waals surface area contributed by atoms with Crippen molar-refractivity contribution in [2.45, 2.75) is 0 Å². The summed E-state index contributed by atoms with van der Waals surface area (Å²) in [6.45, 7) is 0. The third kappa shape index (κ3) is 0.671. The zero-order chi connectivity index (χ0) is 6.15. The SMILES string of the molecule is O=C1NC(=S)NC1=O. The van der Waals surface area contributed by atoms with E-state index in [1.54, 1.807) is 0 Å². The Bertz CT molecular complexity index is 158. The number of amides is 2. The molecule has 0 bridgehead atoms. The molecule has 0 aliphatic carbocycles. The number of carbonyl (C=O) groups is 2. The zero-order valence-electron chi connectivity index (χ0n) is 3.72. The van der Waals surface area contributed by atoms with Crippen molar-refractivity contribution >= 4 is 29.1 Å². The summed E-state index contributed by atoms with van der Waals surface area (Å²) in [6, 6.07) is 0. The molecule has 8 heavy (non-hydrogen) atoms. The van der Waals surface area contributed by atoms with E-state index in [1.165, 1.54) is 0 Å². The molecule has 4 nitrogen and oxygen atoms in total. The Kier molecular flexibility index (Phi) is 0.980. The second kappa shape index (κ2) is 1.52. The van der Waals surface area contributed by atoms with Gasteiger partial charge in [0.25, 0.3) is 0 Å². The molecule has 1 aliphatic heterocycles. The summed E-state index contributed by atoms with van der Waals surface area (Å²) in [6.07, 6.45) is 0. The van der Waals surface area contributed by atoms with Crippen LogP contribution in [-0.2, 0) is 9.59 Å². The lowest BCUT2D eigenvalue weighted by Crippen LogP contribution is -2.21. The molecule has 2 N–H and O–H groups in total. The van der Waals surface area contributed by atoms with Crippen molar-refractivity contribution < 1.29 is 9.59 Å². The molecule has 5 heteroatoms. The van der Waals surface area contributed by atoms with Crippen molar-refractivity contribution in [3.05, 3.63) is 0 Å². The number of rotatable bonds is 0. The Morgan fingerprint density at radius 3 is 1.62 bits per heavy atom. The van der Waals surface area contributed by atoms with Crippen LogP contribution in [0.5, 0.6) is 0 Å². The molecule has 1 aliphatic rings. The lowest BCUT2D eigenvalue weighted by atomic mass is 10.6. The number of carbonyl (C=O) groups excluding carboxylic acids is 2. The van der Waals surface area contributed by atoms with Crippen molar-refractivity contribution in [2.24, 2.45) is 0 Å². The molecule has 2 amide bonds. The van der Waals surface area contributed by atoms with Gasteiger partial charge in [-0.1, -0.05) is 0 Å². The third-order valence-corrected chi connectivity index (χ3v) is 0.864. The highest BCUT2D eigenvalue weighted by atomic mass is 32.1. The predicted molar refractivity (Wildman–Crippen MR) is 28.9 cm³/mol. The summed E-state index contributed by atoms with van der Waals surface area (Å²) in [5.74, 6) is -1.37. The van der Waals surface area contributed by atoms with Crippen LogP contribution in [0.1, 0.15) is 0 Å². The first-order chi connectivity index (χ1) is 3.70. The number of hydrogen-bond donors (Lipinski definition) is 2. The standard InChI is InChI=1S/C3H2N2O2S/c6-1-2(7)5-3(8)4-1/h(H2,4,5,6,7,8). The molecule has 0 aromatic heterocycles. The van der Waals surface area contributed by atoms with Crippen LogP contribution >= 0.6 is 12.2 Å². The van der Waals surface area contributed by atoms with Crippen LogP contribution in [0.3, 0.4) is 0 Å². The summed E-state index contributed by atoms with van der Waals surface area (Å²) in [7, 11) is 0. The van der Waals surface area contributed by atoms with Crippen molar-refractivity contribution in [1.82, 2.24) is 10.6 Å². The number of thiocarbonyl (C=S) groups is 1. The van der Waals surface area contributed by atoms with Gasteiger partial charge < -0.3 is 0 Å². The molecular weight excluding hydrogens is 128 g/mol. The molecule has 0 radical (unpaired) electrons. The summed E-state index contributed by atoms with van der Waals surface area (Å²) < 4.78 is 0. The van der Waals surface area contributed by atoms with Gasteiger partial charge in [-0.2, -0.15) is 0 Å². The van der Waals surface area contributed by atoms with Gasteiger partial charge in [-0.25, -0.2) is 0 Å². The van der Waals surface area contributed by atoms with Crippen LogP contribution in [0.2, 0.25) is 0 Å². The summed E-state index contributed by atoms with van der Waals surface area (Å²) in [5, 5.41) is 4.28. The Morgan fingerprint density at radius 1 is 1.12 bits per heavy atom. The van der Waals surface area contributed by atoms with Gasteiger partial charge in [-0.3, -0.25) is 20.2 Å². The molecule has 1 fully saturated rings. The van der Waals surface area contributed by atoms with Gasteiger partial charge in [0.15, 0.2) is 5.11 Å². The molecule has 0 aromatic rings. The first kappa shape index (κ1) is 5.17. The average molecular weight is 130 g/mol. The highest BCUT2D eigenvalue weighted by Gasteiger charge is 2.23. The molecule has 0 aromatic carbocycles. The van der Waals surface area contributed by atoms with Gasteiger partial charge >= 0.3 is 11.8 Å². The van der Waals surface area contributed by atoms with E-state index in [-0.39, 0.29) is 5.11 Å². The summed E-state index contributed by atoms with van der Waals surface area (Å²) in [5.41, 5.74) is 0. The molecule has 1 heterocycles. The van der Waals surface area contributed by atoms with E-state index in [9.17, 15) is 9.59 Å². The fourth-order valence-electron chi connectivity index (χ4n) is 0.351. The summed E-state index contributed by atoms with van der Waals surface area (Å²) in [4.78, 5) is 20.3. The average Bonchev–Trinajstić information content (AvgIpc) is 1.85. The van der Waals surface area contributed by atoms with E-state index in [4.69, 9.17) is 0 Å². The van der Waals surface area contributed by atoms with Gasteiger partial charge in [0.1, 0.15) is 0 Å². The van der Waals surface area contributed by atoms with E-state index in [1.807, 2.05) is 0 Å². The normalized spacial score (nSPS) is 18.2. The van der Waals surface area contributed by atoms with Crippen LogP contribution in [0.25, 0.3) is 0 Å². The molecule has 0 saturated carbocycles. The van der Waals surface area contributed by atoms with Gasteiger partial charge in [0.05, 0.1) is 0 Å². The molecule has 0 spiro atoms. The smallest absolute Gasteiger partial charge is 0.294 e. The molecular formula is C3H2N2O2S. The monoisotopic (exact) mass is 130 g/mol. The van der Waals surface area contributed by atoms with Crippen molar-refractivity contribution in [3.63, 3.8) is 0 Å². The van der Waals surface area contributed by atoms with Gasteiger partial charge in [0.2, 0.25) is 0 Å². The largest absolute Gasteiger partial charge is 0.315 e. The van der Waals surface area contributed by atoms with Crippen LogP contribution in [0.15, 0.2) is 0 Å². The van der Waals surface area contributed by atoms with E-state index < -0.39 is 11.8 Å². The minimum Gasteiger partial charge on any atom is -0.294 e. The first-order valence-corrected chi connectivity index (χ1v) is 2.27. The lowest BCUT2D eigenvalue weighted by molar-refractivity contribution is -0.135. The summed E-state index contributed by atoms with van der Waals surface area (Å²) >= 11 is 4.41. The minimum atomic E-state index is -0.685. The Balaban J connectivity index is 2.79. The second-order valence-corrected chi connectivity index (χ2v) is 1.65. The maximum absolute atomic E-state index is 10.2. The highest BCUT2D eigenvalue weighted by Crippen LogP contribution is 1.78. The number of nitrogens with one attached hydrogen (secondary N) is 2. The van der Waals surface area contributed by atoms with Crippen LogP contribution in [-0.4, -0.2) is 16.9 Å². The fraction of sp³-hybridized carbons (Fsp3) is 0. The molecule has 1 saturated heterocycles. The fourth-order valence-corrected chi connectivity index (χ4v) is 0.536. The van der Waals surface area contributed by atoms with Crippen molar-refractivity contribution in [3.8, 4) is 0 Å². The minimum absolute atomic E-state index is 0.0833. The third-order valence-electron chi connectivity index (χ3n) is 0.660. The Labute approximate surface area is 50.2 Å². The van der Waals surface area contributed by atoms with Crippen LogP contribution in [0.4, 0.5) is 0 Å². The topological polar surface area (TPSA) is 58.2 Å². The Morgan fingerprint density at radius 2 is 1.50 bits per heavy atom. The van der Waals surface area contributed by atoms with E-state index in [2.05, 4.69) is 22.9 Å². The quantitative estimate of drug-likeness (QED) is 0.310. The second-order valence-electron chi connectivity index (χ2n) is 1.24. The molecule has 0 atom stereocenters. The zero-order valence-corrected chi connectivity index (χ0v) is 4.54. The van der Waals surface area contributed by atoms with Gasteiger partial charge in [-0.05, 0) is 12.2 Å². The maximum atomic E-state index is 10.2. The van der Waals surface area contributed by atoms with Gasteiger partial charge in [-0.15, -0.1) is 0 Å². The molecule has 42 valence electrons. The van der Waals surface area contributed by atoms with E-state index in [0.29, 0.717) is 0 Å². The predicted octanol–water partition coefficient (Wildman–Crippen LogP) is -1.48. The van der Waals surface area contributed by atoms with Crippen LogP contribution < -0.4 is 10.6 Å².